The van der Waals surface area contributed by atoms with E-state index in [0.717, 1.165) is 54.3 Å². The molecule has 0 saturated heterocycles. The second kappa shape index (κ2) is 20.9. The lowest BCUT2D eigenvalue weighted by molar-refractivity contribution is -0.177. The maximum atomic E-state index is 13.3. The highest BCUT2D eigenvalue weighted by Crippen LogP contribution is 2.31. The molecule has 1 aromatic carbocycles. The number of fused-ring (bicyclic) bond motifs is 3. The first kappa shape index (κ1) is 36.3. The standard InChI is InChI=1S/C32H50N4O5.C2H6/c1-4-5-6-7-8-9-12-17-22-41-34-30(37)20-13-10-11-14-21-31(38)36-24-28-26(23-29(36)32(39)35(2)40-3)25-18-15-16-19-27(25)33-28;1-2/h15-16,18-19,29,33H,4-14,17,20-24H2,1-3H3,(H,34,37);1-2H3. The molecule has 0 bridgehead atoms. The van der Waals surface area contributed by atoms with Crippen LogP contribution in [0.1, 0.15) is 122 Å². The van der Waals surface area contributed by atoms with Crippen molar-refractivity contribution in [1.82, 2.24) is 20.4 Å². The van der Waals surface area contributed by atoms with Crippen molar-refractivity contribution >= 4 is 28.6 Å². The van der Waals surface area contributed by atoms with Crippen LogP contribution >= 0.6 is 0 Å². The number of hydrogen-bond donors (Lipinski definition) is 2. The Hall–Kier alpha value is -2.91. The van der Waals surface area contributed by atoms with E-state index >= 15 is 0 Å². The molecule has 242 valence electrons. The van der Waals surface area contributed by atoms with Crippen LogP contribution in [0.3, 0.4) is 0 Å². The summed E-state index contributed by atoms with van der Waals surface area (Å²) in [5.74, 6) is -0.358. The third-order valence-corrected chi connectivity index (χ3v) is 8.02. The minimum atomic E-state index is -0.603. The molecule has 9 heteroatoms. The fraction of sp³-hybridized carbons (Fsp3) is 0.676. The molecule has 3 rings (SSSR count). The van der Waals surface area contributed by atoms with Crippen LogP contribution in [0.4, 0.5) is 0 Å². The monoisotopic (exact) mass is 600 g/mol. The first-order chi connectivity index (χ1) is 21.0. The highest BCUT2D eigenvalue weighted by atomic mass is 16.7. The molecule has 2 aromatic rings. The molecule has 1 aliphatic heterocycles. The molecule has 43 heavy (non-hydrogen) atoms. The van der Waals surface area contributed by atoms with Crippen LogP contribution in [0, 0.1) is 0 Å². The fourth-order valence-corrected chi connectivity index (χ4v) is 5.54. The maximum absolute atomic E-state index is 13.3. The van der Waals surface area contributed by atoms with Gasteiger partial charge in [0.2, 0.25) is 11.8 Å². The molecular formula is C34H56N4O5. The lowest BCUT2D eigenvalue weighted by atomic mass is 9.95. The van der Waals surface area contributed by atoms with Gasteiger partial charge in [0, 0.05) is 42.9 Å². The second-order valence-electron chi connectivity index (χ2n) is 11.2. The number of benzene rings is 1. The minimum Gasteiger partial charge on any atom is -0.357 e. The van der Waals surface area contributed by atoms with Crippen LogP contribution in [0.15, 0.2) is 24.3 Å². The van der Waals surface area contributed by atoms with Crippen molar-refractivity contribution in [1.29, 1.82) is 0 Å². The fourth-order valence-electron chi connectivity index (χ4n) is 5.54. The Morgan fingerprint density at radius 2 is 1.56 bits per heavy atom. The van der Waals surface area contributed by atoms with Gasteiger partial charge in [0.25, 0.3) is 5.91 Å². The van der Waals surface area contributed by atoms with Crippen LogP contribution in [0.2, 0.25) is 0 Å². The smallest absolute Gasteiger partial charge is 0.268 e. The van der Waals surface area contributed by atoms with Gasteiger partial charge in [-0.1, -0.05) is 96.8 Å². The quantitative estimate of drug-likeness (QED) is 0.134. The van der Waals surface area contributed by atoms with Crippen molar-refractivity contribution < 1.29 is 24.1 Å². The topological polar surface area (TPSA) is 104 Å². The van der Waals surface area contributed by atoms with E-state index in [-0.39, 0.29) is 17.7 Å². The average molecular weight is 601 g/mol. The van der Waals surface area contributed by atoms with E-state index in [1.807, 2.05) is 38.1 Å². The average Bonchev–Trinajstić information content (AvgIpc) is 3.40. The van der Waals surface area contributed by atoms with Crippen molar-refractivity contribution in [3.8, 4) is 0 Å². The zero-order valence-corrected chi connectivity index (χ0v) is 27.3. The zero-order valence-electron chi connectivity index (χ0n) is 27.3. The largest absolute Gasteiger partial charge is 0.357 e. The van der Waals surface area contributed by atoms with Crippen molar-refractivity contribution in [3.05, 3.63) is 35.5 Å². The van der Waals surface area contributed by atoms with Gasteiger partial charge in [-0.15, -0.1) is 0 Å². The molecule has 1 aliphatic rings. The van der Waals surface area contributed by atoms with Crippen molar-refractivity contribution in [3.63, 3.8) is 0 Å². The third-order valence-electron chi connectivity index (χ3n) is 8.02. The van der Waals surface area contributed by atoms with Crippen molar-refractivity contribution in [2.75, 3.05) is 20.8 Å². The minimum absolute atomic E-state index is 0.0377. The Kier molecular flexibility index (Phi) is 17.6. The number of carbonyl (C=O) groups excluding carboxylic acids is 3. The number of likely N-dealkylation sites (N-methyl/N-ethyl adjacent to an activating group) is 1. The van der Waals surface area contributed by atoms with E-state index in [2.05, 4.69) is 17.4 Å². The molecular weight excluding hydrogens is 544 g/mol. The number of rotatable bonds is 19. The number of unbranched alkanes of at least 4 members (excludes halogenated alkanes) is 10. The third kappa shape index (κ3) is 11.9. The molecule has 0 spiro atoms. The first-order valence-electron chi connectivity index (χ1n) is 16.6. The van der Waals surface area contributed by atoms with Gasteiger partial charge in [0.1, 0.15) is 6.04 Å². The Morgan fingerprint density at radius 1 is 0.930 bits per heavy atom. The molecule has 9 nitrogen and oxygen atoms in total. The highest BCUT2D eigenvalue weighted by Gasteiger charge is 2.37. The summed E-state index contributed by atoms with van der Waals surface area (Å²) in [5.41, 5.74) is 5.64. The van der Waals surface area contributed by atoms with E-state index in [0.29, 0.717) is 38.8 Å². The first-order valence-corrected chi connectivity index (χ1v) is 16.6. The summed E-state index contributed by atoms with van der Waals surface area (Å²) in [6.45, 7) is 7.16. The predicted octanol–water partition coefficient (Wildman–Crippen LogP) is 7.00. The van der Waals surface area contributed by atoms with Gasteiger partial charge >= 0.3 is 0 Å². The van der Waals surface area contributed by atoms with Crippen LogP contribution in [0.5, 0.6) is 0 Å². The molecule has 1 atom stereocenters. The number of nitrogens with one attached hydrogen (secondary N) is 2. The van der Waals surface area contributed by atoms with E-state index < -0.39 is 6.04 Å². The van der Waals surface area contributed by atoms with Gasteiger partial charge < -0.3 is 9.88 Å². The lowest BCUT2D eigenvalue weighted by Gasteiger charge is -2.36. The number of hydrogen-bond acceptors (Lipinski definition) is 5. The summed E-state index contributed by atoms with van der Waals surface area (Å²) in [5, 5.41) is 2.30. The Labute approximate surface area is 258 Å². The summed E-state index contributed by atoms with van der Waals surface area (Å²) in [6.07, 6.45) is 14.3. The molecule has 1 unspecified atom stereocenters. The van der Waals surface area contributed by atoms with Gasteiger partial charge in [-0.2, -0.15) is 0 Å². The van der Waals surface area contributed by atoms with E-state index in [1.54, 1.807) is 11.9 Å². The van der Waals surface area contributed by atoms with E-state index in [4.69, 9.17) is 9.68 Å². The SMILES string of the molecule is CC.CCCCCCCCCCONC(=O)CCCCCCC(=O)N1Cc2[nH]c3ccccc3c2CC1C(=O)N(C)OC. The maximum Gasteiger partial charge on any atom is 0.268 e. The summed E-state index contributed by atoms with van der Waals surface area (Å²) < 4.78 is 0. The highest BCUT2D eigenvalue weighted by molar-refractivity contribution is 5.91. The lowest BCUT2D eigenvalue weighted by Crippen LogP contribution is -2.52. The number of H-pyrrole nitrogens is 1. The normalized spacial score (nSPS) is 14.2. The molecule has 3 amide bonds. The van der Waals surface area contributed by atoms with Crippen LogP contribution in [-0.4, -0.2) is 59.5 Å². The molecule has 2 N–H and O–H groups in total. The summed E-state index contributed by atoms with van der Waals surface area (Å²) >= 11 is 0. The molecule has 0 aliphatic carbocycles. The van der Waals surface area contributed by atoms with Gasteiger partial charge in [-0.05, 0) is 30.9 Å². The molecule has 2 heterocycles. The number of aromatic nitrogens is 1. The number of nitrogens with zero attached hydrogens (tertiary/aromatic N) is 2. The number of amides is 3. The van der Waals surface area contributed by atoms with Gasteiger partial charge in [0.05, 0.1) is 20.3 Å². The van der Waals surface area contributed by atoms with Gasteiger partial charge in [-0.25, -0.2) is 10.5 Å². The molecule has 1 aromatic heterocycles. The number of hydroxylamine groups is 3. The van der Waals surface area contributed by atoms with Crippen LogP contribution < -0.4 is 5.48 Å². The van der Waals surface area contributed by atoms with Gasteiger partial charge in [-0.3, -0.25) is 24.1 Å². The van der Waals surface area contributed by atoms with Gasteiger partial charge in [0.15, 0.2) is 0 Å². The number of aromatic amines is 1. The summed E-state index contributed by atoms with van der Waals surface area (Å²) in [6, 6.07) is 7.42. The Balaban J connectivity index is 0.00000316. The predicted molar refractivity (Wildman–Crippen MR) is 172 cm³/mol. The van der Waals surface area contributed by atoms with Crippen molar-refractivity contribution in [2.24, 2.45) is 0 Å². The van der Waals surface area contributed by atoms with E-state index in [1.165, 1.54) is 50.7 Å². The number of para-hydroxylation sites is 1. The number of carbonyl (C=O) groups is 3. The zero-order chi connectivity index (χ0) is 31.5. The Bertz CT molecular complexity index is 1100. The van der Waals surface area contributed by atoms with Crippen LogP contribution in [-0.2, 0) is 37.0 Å². The molecule has 0 fully saturated rings. The van der Waals surface area contributed by atoms with E-state index in [9.17, 15) is 14.4 Å². The summed E-state index contributed by atoms with van der Waals surface area (Å²) in [7, 11) is 3.03. The summed E-state index contributed by atoms with van der Waals surface area (Å²) in [4.78, 5) is 54.0. The molecule has 0 radical (unpaired) electrons. The second-order valence-corrected chi connectivity index (χ2v) is 11.2. The van der Waals surface area contributed by atoms with Crippen molar-refractivity contribution in [2.45, 2.75) is 130 Å². The molecule has 0 saturated carbocycles. The Morgan fingerprint density at radius 3 is 2.26 bits per heavy atom. The van der Waals surface area contributed by atoms with Crippen LogP contribution in [0.25, 0.3) is 10.9 Å².